The summed E-state index contributed by atoms with van der Waals surface area (Å²) in [5.74, 6) is 1.10. The zero-order valence-electron chi connectivity index (χ0n) is 10.6. The van der Waals surface area contributed by atoms with E-state index >= 15 is 0 Å². The Kier molecular flexibility index (Phi) is 4.16. The number of hydrogen-bond donors (Lipinski definition) is 0. The predicted octanol–water partition coefficient (Wildman–Crippen LogP) is 3.13. The zero-order chi connectivity index (χ0) is 13.8. The van der Waals surface area contributed by atoms with Crippen molar-refractivity contribution in [2.75, 3.05) is 19.1 Å². The largest absolute Gasteiger partial charge is 0.497 e. The Bertz CT molecular complexity index is 602. The van der Waals surface area contributed by atoms with Gasteiger partial charge in [-0.15, -0.1) is 0 Å². The first-order valence-corrected chi connectivity index (χ1v) is 6.45. The Morgan fingerprint density at radius 2 is 2.11 bits per heavy atom. The van der Waals surface area contributed by atoms with E-state index < -0.39 is 0 Å². The highest BCUT2D eigenvalue weighted by Gasteiger charge is 2.15. The minimum atomic E-state index is -0.135. The molecular formula is C14H13BrN2O2. The number of ether oxygens (including phenoxy) is 1. The number of nitrogens with zero attached hydrogens (tertiary/aromatic N) is 2. The van der Waals surface area contributed by atoms with Gasteiger partial charge >= 0.3 is 0 Å². The Hall–Kier alpha value is -1.88. The summed E-state index contributed by atoms with van der Waals surface area (Å²) in [5, 5.41) is 0. The van der Waals surface area contributed by atoms with Crippen LogP contribution in [0.2, 0.25) is 0 Å². The molecule has 1 heterocycles. The maximum atomic E-state index is 12.3. The average Bonchev–Trinajstić information content (AvgIpc) is 2.45. The molecule has 2 aromatic rings. The molecule has 98 valence electrons. The Morgan fingerprint density at radius 3 is 2.79 bits per heavy atom. The highest BCUT2D eigenvalue weighted by Crippen LogP contribution is 2.19. The molecule has 1 amide bonds. The topological polar surface area (TPSA) is 42.4 Å². The summed E-state index contributed by atoms with van der Waals surface area (Å²) in [6.45, 7) is 0. The van der Waals surface area contributed by atoms with Crippen molar-refractivity contribution in [2.45, 2.75) is 0 Å². The van der Waals surface area contributed by atoms with Crippen LogP contribution in [-0.2, 0) is 0 Å². The molecular weight excluding hydrogens is 308 g/mol. The van der Waals surface area contributed by atoms with E-state index in [1.54, 1.807) is 50.7 Å². The van der Waals surface area contributed by atoms with Crippen molar-refractivity contribution in [3.63, 3.8) is 0 Å². The van der Waals surface area contributed by atoms with Crippen LogP contribution in [0, 0.1) is 0 Å². The van der Waals surface area contributed by atoms with E-state index in [1.807, 2.05) is 6.07 Å². The molecule has 4 nitrogen and oxygen atoms in total. The smallest absolute Gasteiger partial charge is 0.259 e. The van der Waals surface area contributed by atoms with Crippen molar-refractivity contribution >= 4 is 27.7 Å². The molecule has 0 fully saturated rings. The summed E-state index contributed by atoms with van der Waals surface area (Å²) in [6.07, 6.45) is 1.65. The third kappa shape index (κ3) is 3.12. The van der Waals surface area contributed by atoms with Crippen LogP contribution in [0.3, 0.4) is 0 Å². The van der Waals surface area contributed by atoms with Crippen LogP contribution in [0.4, 0.5) is 5.82 Å². The molecule has 0 spiro atoms. The van der Waals surface area contributed by atoms with Crippen LogP contribution in [0.15, 0.2) is 47.1 Å². The number of hydrogen-bond acceptors (Lipinski definition) is 3. The lowest BCUT2D eigenvalue weighted by Gasteiger charge is -2.16. The lowest BCUT2D eigenvalue weighted by Crippen LogP contribution is -2.27. The molecule has 0 saturated carbocycles. The Balaban J connectivity index is 2.28. The third-order valence-corrected chi connectivity index (χ3v) is 3.17. The minimum absolute atomic E-state index is 0.135. The lowest BCUT2D eigenvalue weighted by atomic mass is 10.2. The summed E-state index contributed by atoms with van der Waals surface area (Å²) in [7, 11) is 3.26. The van der Waals surface area contributed by atoms with Gasteiger partial charge in [0.25, 0.3) is 5.91 Å². The predicted molar refractivity (Wildman–Crippen MR) is 77.7 cm³/mol. The van der Waals surface area contributed by atoms with Gasteiger partial charge in [-0.25, -0.2) is 4.98 Å². The number of aromatic nitrogens is 1. The molecule has 2 rings (SSSR count). The number of amides is 1. The van der Waals surface area contributed by atoms with Gasteiger partial charge in [-0.05, 0) is 30.3 Å². The second-order valence-corrected chi connectivity index (χ2v) is 4.84. The van der Waals surface area contributed by atoms with Gasteiger partial charge in [0, 0.05) is 23.3 Å². The fourth-order valence-electron chi connectivity index (χ4n) is 1.63. The van der Waals surface area contributed by atoms with Crippen LogP contribution in [0.25, 0.3) is 0 Å². The van der Waals surface area contributed by atoms with E-state index in [0.717, 1.165) is 4.47 Å². The van der Waals surface area contributed by atoms with Gasteiger partial charge in [-0.1, -0.05) is 22.0 Å². The van der Waals surface area contributed by atoms with Gasteiger partial charge in [0.15, 0.2) is 0 Å². The van der Waals surface area contributed by atoms with E-state index in [0.29, 0.717) is 17.1 Å². The van der Waals surface area contributed by atoms with Gasteiger partial charge in [0.2, 0.25) is 0 Å². The number of rotatable bonds is 3. The fraction of sp³-hybridized carbons (Fsp3) is 0.143. The number of methoxy groups -OCH3 is 1. The van der Waals surface area contributed by atoms with Crippen LogP contribution in [0.1, 0.15) is 10.4 Å². The number of carbonyl (C=O) groups is 1. The summed E-state index contributed by atoms with van der Waals surface area (Å²) in [4.78, 5) is 18.0. The summed E-state index contributed by atoms with van der Waals surface area (Å²) in [6, 6.07) is 10.6. The second-order valence-electron chi connectivity index (χ2n) is 3.93. The van der Waals surface area contributed by atoms with Crippen LogP contribution in [-0.4, -0.2) is 25.0 Å². The lowest BCUT2D eigenvalue weighted by molar-refractivity contribution is 0.0992. The van der Waals surface area contributed by atoms with E-state index in [-0.39, 0.29) is 5.91 Å². The first-order valence-electron chi connectivity index (χ1n) is 5.65. The number of carbonyl (C=O) groups excluding carboxylic acids is 1. The first kappa shape index (κ1) is 13.5. The molecule has 5 heteroatoms. The summed E-state index contributed by atoms with van der Waals surface area (Å²) < 4.78 is 5.99. The Morgan fingerprint density at radius 1 is 1.32 bits per heavy atom. The SMILES string of the molecule is COc1cccc(C(=O)N(C)c2cc(Br)ccn2)c1. The molecule has 0 aliphatic heterocycles. The normalized spacial score (nSPS) is 10.1. The fourth-order valence-corrected chi connectivity index (χ4v) is 1.95. The van der Waals surface area contributed by atoms with Crippen molar-refractivity contribution in [1.82, 2.24) is 4.98 Å². The molecule has 0 bridgehead atoms. The molecule has 0 unspecified atom stereocenters. The highest BCUT2D eigenvalue weighted by atomic mass is 79.9. The first-order chi connectivity index (χ1) is 9.11. The molecule has 1 aromatic heterocycles. The van der Waals surface area contributed by atoms with Crippen molar-refractivity contribution in [3.8, 4) is 5.75 Å². The van der Waals surface area contributed by atoms with Gasteiger partial charge < -0.3 is 4.74 Å². The maximum absolute atomic E-state index is 12.3. The number of anilines is 1. The molecule has 1 aromatic carbocycles. The molecule has 0 saturated heterocycles. The van der Waals surface area contributed by atoms with Crippen LogP contribution in [0.5, 0.6) is 5.75 Å². The third-order valence-electron chi connectivity index (χ3n) is 2.67. The van der Waals surface area contributed by atoms with Crippen molar-refractivity contribution in [3.05, 3.63) is 52.6 Å². The van der Waals surface area contributed by atoms with Crippen molar-refractivity contribution in [1.29, 1.82) is 0 Å². The quantitative estimate of drug-likeness (QED) is 0.872. The molecule has 0 N–H and O–H groups in total. The maximum Gasteiger partial charge on any atom is 0.259 e. The van der Waals surface area contributed by atoms with Gasteiger partial charge in [0.05, 0.1) is 7.11 Å². The molecule has 0 radical (unpaired) electrons. The van der Waals surface area contributed by atoms with E-state index in [4.69, 9.17) is 4.74 Å². The number of benzene rings is 1. The van der Waals surface area contributed by atoms with E-state index in [9.17, 15) is 4.79 Å². The monoisotopic (exact) mass is 320 g/mol. The molecule has 19 heavy (non-hydrogen) atoms. The summed E-state index contributed by atoms with van der Waals surface area (Å²) in [5.41, 5.74) is 0.559. The number of pyridine rings is 1. The Labute approximate surface area is 120 Å². The van der Waals surface area contributed by atoms with Crippen LogP contribution >= 0.6 is 15.9 Å². The molecule has 0 atom stereocenters. The van der Waals surface area contributed by atoms with Gasteiger partial charge in [-0.2, -0.15) is 0 Å². The van der Waals surface area contributed by atoms with Crippen LogP contribution < -0.4 is 9.64 Å². The van der Waals surface area contributed by atoms with Crippen molar-refractivity contribution < 1.29 is 9.53 Å². The number of halogens is 1. The average molecular weight is 321 g/mol. The minimum Gasteiger partial charge on any atom is -0.497 e. The van der Waals surface area contributed by atoms with Gasteiger partial charge in [0.1, 0.15) is 11.6 Å². The highest BCUT2D eigenvalue weighted by molar-refractivity contribution is 9.10. The van der Waals surface area contributed by atoms with Crippen molar-refractivity contribution in [2.24, 2.45) is 0 Å². The van der Waals surface area contributed by atoms with E-state index in [1.165, 1.54) is 4.90 Å². The molecule has 0 aliphatic rings. The zero-order valence-corrected chi connectivity index (χ0v) is 12.2. The standard InChI is InChI=1S/C14H13BrN2O2/c1-17(13-9-11(15)6-7-16-13)14(18)10-4-3-5-12(8-10)19-2/h3-9H,1-2H3. The molecule has 0 aliphatic carbocycles. The van der Waals surface area contributed by atoms with Gasteiger partial charge in [-0.3, -0.25) is 9.69 Å². The van der Waals surface area contributed by atoms with E-state index in [2.05, 4.69) is 20.9 Å². The second kappa shape index (κ2) is 5.84. The summed E-state index contributed by atoms with van der Waals surface area (Å²) >= 11 is 3.36.